The van der Waals surface area contributed by atoms with E-state index >= 15 is 0 Å². The Hall–Kier alpha value is -2.27. The van der Waals surface area contributed by atoms with Gasteiger partial charge in [-0.05, 0) is 30.3 Å². The minimum atomic E-state index is -0.774. The Morgan fingerprint density at radius 1 is 1.05 bits per heavy atom. The van der Waals surface area contributed by atoms with Crippen molar-refractivity contribution < 1.29 is 13.5 Å². The van der Waals surface area contributed by atoms with Crippen molar-refractivity contribution in [2.24, 2.45) is 0 Å². The number of nitrogens with zero attached hydrogens (tertiary/aromatic N) is 2. The molecule has 3 nitrogen and oxygen atoms in total. The summed E-state index contributed by atoms with van der Waals surface area (Å²) in [5, 5.41) is 0.149. The third-order valence-electron chi connectivity index (χ3n) is 3.02. The lowest BCUT2D eigenvalue weighted by Gasteiger charge is -2.06. The molecule has 0 fully saturated rings. The quantitative estimate of drug-likeness (QED) is 0.664. The van der Waals surface area contributed by atoms with Crippen LogP contribution in [0, 0.1) is 11.6 Å². The number of methoxy groups -OCH3 is 1. The zero-order valence-electron chi connectivity index (χ0n) is 10.9. The summed E-state index contributed by atoms with van der Waals surface area (Å²) in [6.07, 6.45) is 0. The highest BCUT2D eigenvalue weighted by Crippen LogP contribution is 2.28. The second-order valence-corrected chi connectivity index (χ2v) is 4.71. The van der Waals surface area contributed by atoms with Gasteiger partial charge < -0.3 is 4.74 Å². The normalized spacial score (nSPS) is 10.9. The summed E-state index contributed by atoms with van der Waals surface area (Å²) >= 11 is 6.01. The summed E-state index contributed by atoms with van der Waals surface area (Å²) < 4.78 is 32.1. The van der Waals surface area contributed by atoms with Crippen LogP contribution in [0.15, 0.2) is 36.4 Å². The van der Waals surface area contributed by atoms with Gasteiger partial charge in [-0.15, -0.1) is 0 Å². The molecule has 106 valence electrons. The molecule has 0 atom stereocenters. The molecule has 1 aromatic heterocycles. The number of hydrogen-bond acceptors (Lipinski definition) is 3. The van der Waals surface area contributed by atoms with Gasteiger partial charge in [-0.2, -0.15) is 0 Å². The van der Waals surface area contributed by atoms with Crippen LogP contribution >= 0.6 is 11.6 Å². The highest BCUT2D eigenvalue weighted by Gasteiger charge is 2.13. The Kier molecular flexibility index (Phi) is 3.43. The van der Waals surface area contributed by atoms with E-state index in [1.165, 1.54) is 0 Å². The molecule has 0 amide bonds. The summed E-state index contributed by atoms with van der Waals surface area (Å²) in [5.74, 6) is -0.550. The molecule has 1 heterocycles. The standard InChI is InChI=1S/C15H9ClF2N2O/c1-21-10-4-2-8(3-5-10)15-19-13-11(14(16)20-15)6-9(17)7-12(13)18/h2-7H,1H3. The number of rotatable bonds is 2. The predicted molar refractivity (Wildman–Crippen MR) is 76.5 cm³/mol. The van der Waals surface area contributed by atoms with Crippen LogP contribution < -0.4 is 4.74 Å². The Labute approximate surface area is 124 Å². The lowest BCUT2D eigenvalue weighted by Crippen LogP contribution is -1.95. The van der Waals surface area contributed by atoms with Crippen LogP contribution in [0.5, 0.6) is 5.75 Å². The van der Waals surface area contributed by atoms with Gasteiger partial charge in [0, 0.05) is 17.0 Å². The third kappa shape index (κ3) is 2.52. The molecule has 0 saturated heterocycles. The van der Waals surface area contributed by atoms with Crippen molar-refractivity contribution in [3.05, 3.63) is 53.2 Å². The average molecular weight is 307 g/mol. The van der Waals surface area contributed by atoms with Crippen molar-refractivity contribution >= 4 is 22.5 Å². The number of benzene rings is 2. The van der Waals surface area contributed by atoms with Crippen LogP contribution in [0.4, 0.5) is 8.78 Å². The van der Waals surface area contributed by atoms with E-state index in [2.05, 4.69) is 9.97 Å². The van der Waals surface area contributed by atoms with Gasteiger partial charge in [-0.3, -0.25) is 0 Å². The first-order valence-electron chi connectivity index (χ1n) is 6.05. The van der Waals surface area contributed by atoms with E-state index in [0.29, 0.717) is 11.3 Å². The maximum Gasteiger partial charge on any atom is 0.161 e. The van der Waals surface area contributed by atoms with Crippen LogP contribution in [0.3, 0.4) is 0 Å². The first-order chi connectivity index (χ1) is 10.1. The molecule has 0 saturated carbocycles. The second kappa shape index (κ2) is 5.26. The fourth-order valence-corrected chi connectivity index (χ4v) is 2.21. The minimum absolute atomic E-state index is 0.00391. The van der Waals surface area contributed by atoms with Crippen LogP contribution in [-0.4, -0.2) is 17.1 Å². The summed E-state index contributed by atoms with van der Waals surface area (Å²) in [5.41, 5.74) is 0.644. The Morgan fingerprint density at radius 2 is 1.76 bits per heavy atom. The molecule has 0 unspecified atom stereocenters. The predicted octanol–water partition coefficient (Wildman–Crippen LogP) is 4.24. The van der Waals surface area contributed by atoms with Crippen molar-refractivity contribution in [2.75, 3.05) is 7.11 Å². The number of halogens is 3. The zero-order chi connectivity index (χ0) is 15.0. The summed E-state index contributed by atoms with van der Waals surface area (Å²) in [6.45, 7) is 0. The number of hydrogen-bond donors (Lipinski definition) is 0. The topological polar surface area (TPSA) is 35.0 Å². The number of aromatic nitrogens is 2. The van der Waals surface area contributed by atoms with Gasteiger partial charge in [0.15, 0.2) is 11.6 Å². The molecule has 21 heavy (non-hydrogen) atoms. The maximum atomic E-state index is 13.8. The van der Waals surface area contributed by atoms with E-state index in [-0.39, 0.29) is 21.9 Å². The van der Waals surface area contributed by atoms with E-state index in [1.807, 2.05) is 0 Å². The van der Waals surface area contributed by atoms with Gasteiger partial charge >= 0.3 is 0 Å². The first-order valence-corrected chi connectivity index (χ1v) is 6.43. The molecule has 2 aromatic carbocycles. The van der Waals surface area contributed by atoms with Crippen molar-refractivity contribution in [1.82, 2.24) is 9.97 Å². The number of fused-ring (bicyclic) bond motifs is 1. The molecule has 0 aliphatic heterocycles. The fourth-order valence-electron chi connectivity index (χ4n) is 1.99. The molecule has 0 aliphatic rings. The van der Waals surface area contributed by atoms with Gasteiger partial charge in [0.2, 0.25) is 0 Å². The summed E-state index contributed by atoms with van der Waals surface area (Å²) in [6, 6.07) is 8.81. The molecule has 0 bridgehead atoms. The summed E-state index contributed by atoms with van der Waals surface area (Å²) in [4.78, 5) is 8.21. The van der Waals surface area contributed by atoms with Crippen LogP contribution in [0.25, 0.3) is 22.3 Å². The lowest BCUT2D eigenvalue weighted by molar-refractivity contribution is 0.415. The smallest absolute Gasteiger partial charge is 0.161 e. The minimum Gasteiger partial charge on any atom is -0.497 e. The molecule has 3 aromatic rings. The van der Waals surface area contributed by atoms with Crippen LogP contribution in [-0.2, 0) is 0 Å². The largest absolute Gasteiger partial charge is 0.497 e. The average Bonchev–Trinajstić information content (AvgIpc) is 2.48. The zero-order valence-corrected chi connectivity index (χ0v) is 11.7. The fraction of sp³-hybridized carbons (Fsp3) is 0.0667. The van der Waals surface area contributed by atoms with Gasteiger partial charge in [0.1, 0.15) is 22.2 Å². The van der Waals surface area contributed by atoms with Gasteiger partial charge in [0.05, 0.1) is 7.11 Å². The third-order valence-corrected chi connectivity index (χ3v) is 3.31. The molecule has 0 radical (unpaired) electrons. The Balaban J connectivity index is 2.19. The molecule has 3 rings (SSSR count). The highest BCUT2D eigenvalue weighted by molar-refractivity contribution is 6.34. The van der Waals surface area contributed by atoms with Gasteiger partial charge in [0.25, 0.3) is 0 Å². The van der Waals surface area contributed by atoms with Crippen molar-refractivity contribution in [3.63, 3.8) is 0 Å². The monoisotopic (exact) mass is 306 g/mol. The number of ether oxygens (including phenoxy) is 1. The molecule has 0 N–H and O–H groups in total. The summed E-state index contributed by atoms with van der Waals surface area (Å²) in [7, 11) is 1.56. The van der Waals surface area contributed by atoms with Crippen molar-refractivity contribution in [2.45, 2.75) is 0 Å². The van der Waals surface area contributed by atoms with Crippen LogP contribution in [0.1, 0.15) is 0 Å². The Bertz CT molecular complexity index is 822. The van der Waals surface area contributed by atoms with Gasteiger partial charge in [-0.25, -0.2) is 18.7 Å². The molecular weight excluding hydrogens is 298 g/mol. The SMILES string of the molecule is COc1ccc(-c2nc(Cl)c3cc(F)cc(F)c3n2)cc1. The highest BCUT2D eigenvalue weighted by atomic mass is 35.5. The van der Waals surface area contributed by atoms with E-state index < -0.39 is 11.6 Å². The molecule has 0 aliphatic carbocycles. The molecule has 6 heteroatoms. The van der Waals surface area contributed by atoms with Crippen molar-refractivity contribution in [3.8, 4) is 17.1 Å². The maximum absolute atomic E-state index is 13.8. The van der Waals surface area contributed by atoms with E-state index in [0.717, 1.165) is 12.1 Å². The van der Waals surface area contributed by atoms with Gasteiger partial charge in [-0.1, -0.05) is 11.6 Å². The van der Waals surface area contributed by atoms with E-state index in [9.17, 15) is 8.78 Å². The van der Waals surface area contributed by atoms with Crippen LogP contribution in [0.2, 0.25) is 5.15 Å². The lowest BCUT2D eigenvalue weighted by atomic mass is 10.2. The molecular formula is C15H9ClF2N2O. The van der Waals surface area contributed by atoms with Crippen molar-refractivity contribution in [1.29, 1.82) is 0 Å². The molecule has 0 spiro atoms. The first kappa shape index (κ1) is 13.7. The second-order valence-electron chi connectivity index (χ2n) is 4.35. The van der Waals surface area contributed by atoms with E-state index in [4.69, 9.17) is 16.3 Å². The Morgan fingerprint density at radius 3 is 2.43 bits per heavy atom. The van der Waals surface area contributed by atoms with E-state index in [1.54, 1.807) is 31.4 Å².